The summed E-state index contributed by atoms with van der Waals surface area (Å²) in [5, 5.41) is 0. The summed E-state index contributed by atoms with van der Waals surface area (Å²) in [7, 11) is 2.17. The van der Waals surface area contributed by atoms with Crippen molar-refractivity contribution in [1.82, 2.24) is 14.9 Å². The number of piperazine rings is 1. The number of likely N-dealkylation sites (N-methyl/N-ethyl adjacent to an activating group) is 1. The summed E-state index contributed by atoms with van der Waals surface area (Å²) in [6.07, 6.45) is 3.78. The molecule has 2 heterocycles. The predicted molar refractivity (Wildman–Crippen MR) is 65.7 cm³/mol. The molecule has 0 saturated carbocycles. The van der Waals surface area contributed by atoms with Crippen LogP contribution in [0.3, 0.4) is 0 Å². The van der Waals surface area contributed by atoms with Crippen molar-refractivity contribution in [1.29, 1.82) is 0 Å². The molecule has 0 amide bonds. The maximum Gasteiger partial charge on any atom is 0.225 e. The van der Waals surface area contributed by atoms with Gasteiger partial charge in [0, 0.05) is 37.6 Å². The Labute approximate surface area is 97.3 Å². The minimum Gasteiger partial charge on any atom is -0.333 e. The van der Waals surface area contributed by atoms with E-state index >= 15 is 0 Å². The topological polar surface area (TPSA) is 32.3 Å². The van der Waals surface area contributed by atoms with Crippen molar-refractivity contribution in [2.24, 2.45) is 0 Å². The molecule has 1 aliphatic rings. The third-order valence-electron chi connectivity index (χ3n) is 3.10. The van der Waals surface area contributed by atoms with Crippen LogP contribution in [-0.2, 0) is 0 Å². The number of hydrogen-bond donors (Lipinski definition) is 0. The molecule has 0 aliphatic carbocycles. The molecule has 1 fully saturated rings. The van der Waals surface area contributed by atoms with Crippen LogP contribution in [0, 0.1) is 6.92 Å². The highest BCUT2D eigenvalue weighted by molar-refractivity contribution is 5.34. The third-order valence-corrected chi connectivity index (χ3v) is 3.10. The van der Waals surface area contributed by atoms with Crippen LogP contribution in [-0.4, -0.2) is 47.1 Å². The minimum atomic E-state index is 0.469. The highest BCUT2D eigenvalue weighted by atomic mass is 15.3. The van der Waals surface area contributed by atoms with Crippen molar-refractivity contribution in [2.75, 3.05) is 25.0 Å². The first kappa shape index (κ1) is 11.3. The largest absolute Gasteiger partial charge is 0.333 e. The highest BCUT2D eigenvalue weighted by Gasteiger charge is 2.29. The van der Waals surface area contributed by atoms with Gasteiger partial charge in [-0.1, -0.05) is 0 Å². The standard InChI is InChI=1S/C12H20N4/c1-9-5-13-12(14-6-9)16-10(2)7-15(4)8-11(16)3/h5-6,10-11H,7-8H2,1-4H3. The molecule has 4 heteroatoms. The van der Waals surface area contributed by atoms with Crippen LogP contribution in [0.1, 0.15) is 19.4 Å². The molecule has 2 rings (SSSR count). The fourth-order valence-electron chi connectivity index (χ4n) is 2.50. The van der Waals surface area contributed by atoms with Crippen molar-refractivity contribution in [2.45, 2.75) is 32.9 Å². The number of nitrogens with zero attached hydrogens (tertiary/aromatic N) is 4. The molecule has 2 unspecified atom stereocenters. The molecule has 0 aromatic carbocycles. The number of anilines is 1. The van der Waals surface area contributed by atoms with E-state index in [0.717, 1.165) is 24.6 Å². The van der Waals surface area contributed by atoms with Crippen molar-refractivity contribution < 1.29 is 0 Å². The summed E-state index contributed by atoms with van der Waals surface area (Å²) in [5.41, 5.74) is 1.11. The summed E-state index contributed by atoms with van der Waals surface area (Å²) >= 11 is 0. The van der Waals surface area contributed by atoms with Crippen LogP contribution in [0.4, 0.5) is 5.95 Å². The smallest absolute Gasteiger partial charge is 0.225 e. The van der Waals surface area contributed by atoms with Gasteiger partial charge in [-0.2, -0.15) is 0 Å². The number of aryl methyl sites for hydroxylation is 1. The maximum absolute atomic E-state index is 4.42. The van der Waals surface area contributed by atoms with Crippen LogP contribution in [0.5, 0.6) is 0 Å². The van der Waals surface area contributed by atoms with Crippen molar-refractivity contribution in [3.8, 4) is 0 Å². The summed E-state index contributed by atoms with van der Waals surface area (Å²) in [4.78, 5) is 13.5. The van der Waals surface area contributed by atoms with E-state index in [4.69, 9.17) is 0 Å². The molecule has 4 nitrogen and oxygen atoms in total. The first-order valence-corrected chi connectivity index (χ1v) is 5.83. The van der Waals surface area contributed by atoms with Gasteiger partial charge in [-0.05, 0) is 33.4 Å². The van der Waals surface area contributed by atoms with E-state index in [-0.39, 0.29) is 0 Å². The molecular formula is C12H20N4. The molecule has 1 aromatic rings. The lowest BCUT2D eigenvalue weighted by molar-refractivity contribution is 0.238. The zero-order valence-corrected chi connectivity index (χ0v) is 10.5. The van der Waals surface area contributed by atoms with Crippen LogP contribution < -0.4 is 4.90 Å². The molecule has 2 atom stereocenters. The molecule has 1 aliphatic heterocycles. The SMILES string of the molecule is Cc1cnc(N2C(C)CN(C)CC2C)nc1. The number of rotatable bonds is 1. The van der Waals surface area contributed by atoms with Gasteiger partial charge < -0.3 is 9.80 Å². The van der Waals surface area contributed by atoms with Gasteiger partial charge in [-0.3, -0.25) is 0 Å². The van der Waals surface area contributed by atoms with Crippen molar-refractivity contribution in [3.63, 3.8) is 0 Å². The second-order valence-electron chi connectivity index (χ2n) is 4.89. The highest BCUT2D eigenvalue weighted by Crippen LogP contribution is 2.19. The molecule has 88 valence electrons. The van der Waals surface area contributed by atoms with Gasteiger partial charge in [-0.15, -0.1) is 0 Å². The quantitative estimate of drug-likeness (QED) is 0.714. The number of hydrogen-bond acceptors (Lipinski definition) is 4. The summed E-state index contributed by atoms with van der Waals surface area (Å²) in [5.74, 6) is 0.860. The van der Waals surface area contributed by atoms with E-state index < -0.39 is 0 Å². The molecular weight excluding hydrogens is 200 g/mol. The van der Waals surface area contributed by atoms with E-state index in [2.05, 4.69) is 40.7 Å². The second kappa shape index (κ2) is 4.37. The average molecular weight is 220 g/mol. The van der Waals surface area contributed by atoms with E-state index in [1.807, 2.05) is 19.3 Å². The fraction of sp³-hybridized carbons (Fsp3) is 0.667. The van der Waals surface area contributed by atoms with Gasteiger partial charge in [-0.25, -0.2) is 9.97 Å². The molecule has 0 N–H and O–H groups in total. The van der Waals surface area contributed by atoms with E-state index in [0.29, 0.717) is 12.1 Å². The summed E-state index contributed by atoms with van der Waals surface area (Å²) in [6, 6.07) is 0.938. The van der Waals surface area contributed by atoms with E-state index in [1.165, 1.54) is 0 Å². The normalized spacial score (nSPS) is 27.1. The Kier molecular flexibility index (Phi) is 3.10. The monoisotopic (exact) mass is 220 g/mol. The molecule has 1 saturated heterocycles. The molecule has 0 spiro atoms. The van der Waals surface area contributed by atoms with E-state index in [9.17, 15) is 0 Å². The lowest BCUT2D eigenvalue weighted by Crippen LogP contribution is -2.56. The number of aromatic nitrogens is 2. The first-order chi connectivity index (χ1) is 7.58. The second-order valence-corrected chi connectivity index (χ2v) is 4.89. The van der Waals surface area contributed by atoms with Gasteiger partial charge in [0.05, 0.1) is 0 Å². The Morgan fingerprint density at radius 2 is 1.62 bits per heavy atom. The van der Waals surface area contributed by atoms with Crippen LogP contribution >= 0.6 is 0 Å². The van der Waals surface area contributed by atoms with Gasteiger partial charge in [0.15, 0.2) is 0 Å². The van der Waals surface area contributed by atoms with E-state index in [1.54, 1.807) is 0 Å². The molecule has 1 aromatic heterocycles. The van der Waals surface area contributed by atoms with Crippen LogP contribution in [0.2, 0.25) is 0 Å². The summed E-state index contributed by atoms with van der Waals surface area (Å²) in [6.45, 7) is 8.62. The van der Waals surface area contributed by atoms with Crippen LogP contribution in [0.25, 0.3) is 0 Å². The Bertz CT molecular complexity index is 337. The Balaban J connectivity index is 2.22. The van der Waals surface area contributed by atoms with Crippen molar-refractivity contribution >= 4 is 5.95 Å². The zero-order chi connectivity index (χ0) is 11.7. The molecule has 0 radical (unpaired) electrons. The third kappa shape index (κ3) is 2.16. The maximum atomic E-state index is 4.42. The van der Waals surface area contributed by atoms with Gasteiger partial charge in [0.25, 0.3) is 0 Å². The lowest BCUT2D eigenvalue weighted by atomic mass is 10.1. The Hall–Kier alpha value is -1.16. The lowest BCUT2D eigenvalue weighted by Gasteiger charge is -2.43. The van der Waals surface area contributed by atoms with Gasteiger partial charge >= 0.3 is 0 Å². The first-order valence-electron chi connectivity index (χ1n) is 5.83. The van der Waals surface area contributed by atoms with Gasteiger partial charge in [0.2, 0.25) is 5.95 Å². The average Bonchev–Trinajstić information content (AvgIpc) is 2.19. The minimum absolute atomic E-state index is 0.469. The van der Waals surface area contributed by atoms with Gasteiger partial charge in [0.1, 0.15) is 0 Å². The van der Waals surface area contributed by atoms with Crippen LogP contribution in [0.15, 0.2) is 12.4 Å². The Morgan fingerprint density at radius 3 is 2.12 bits per heavy atom. The fourth-order valence-corrected chi connectivity index (χ4v) is 2.50. The Morgan fingerprint density at radius 1 is 1.12 bits per heavy atom. The zero-order valence-electron chi connectivity index (χ0n) is 10.5. The molecule has 16 heavy (non-hydrogen) atoms. The summed E-state index contributed by atoms with van der Waals surface area (Å²) < 4.78 is 0. The predicted octanol–water partition coefficient (Wildman–Crippen LogP) is 1.31. The van der Waals surface area contributed by atoms with Crippen molar-refractivity contribution in [3.05, 3.63) is 18.0 Å². The molecule has 0 bridgehead atoms.